The van der Waals surface area contributed by atoms with E-state index in [4.69, 9.17) is 0 Å². The zero-order valence-electron chi connectivity index (χ0n) is 21.4. The zero-order valence-corrected chi connectivity index (χ0v) is 22.2. The summed E-state index contributed by atoms with van der Waals surface area (Å²) in [4.78, 5) is 32.0. The molecule has 3 amide bonds. The molecule has 0 unspecified atom stereocenters. The maximum Gasteiger partial charge on any atom is 0.322 e. The molecule has 0 saturated heterocycles. The lowest BCUT2D eigenvalue weighted by Crippen LogP contribution is -2.49. The molecule has 190 valence electrons. The molecule has 6 heteroatoms. The van der Waals surface area contributed by atoms with Gasteiger partial charge in [0, 0.05) is 23.2 Å². The lowest BCUT2D eigenvalue weighted by atomic mass is 9.94. The molecule has 1 N–H and O–H groups in total. The van der Waals surface area contributed by atoms with Gasteiger partial charge in [0.05, 0.1) is 6.54 Å². The molecule has 4 rings (SSSR count). The summed E-state index contributed by atoms with van der Waals surface area (Å²) in [6.07, 6.45) is 5.26. The molecule has 1 aliphatic rings. The van der Waals surface area contributed by atoms with Gasteiger partial charge in [0.1, 0.15) is 6.54 Å². The van der Waals surface area contributed by atoms with Gasteiger partial charge in [-0.3, -0.25) is 4.79 Å². The van der Waals surface area contributed by atoms with Crippen molar-refractivity contribution in [3.63, 3.8) is 0 Å². The molecule has 1 aliphatic carbocycles. The average Bonchev–Trinajstić information content (AvgIpc) is 3.41. The van der Waals surface area contributed by atoms with Crippen LogP contribution in [-0.4, -0.2) is 34.3 Å². The van der Waals surface area contributed by atoms with E-state index in [1.165, 1.54) is 12.0 Å². The van der Waals surface area contributed by atoms with Crippen molar-refractivity contribution in [3.05, 3.63) is 88.1 Å². The summed E-state index contributed by atoms with van der Waals surface area (Å²) in [5, 5.41) is 5.10. The van der Waals surface area contributed by atoms with Gasteiger partial charge in [0.25, 0.3) is 0 Å². The first-order valence-electron chi connectivity index (χ1n) is 13.0. The van der Waals surface area contributed by atoms with E-state index in [0.717, 1.165) is 41.8 Å². The van der Waals surface area contributed by atoms with Gasteiger partial charge in [-0.05, 0) is 53.5 Å². The first-order chi connectivity index (χ1) is 17.5. The Morgan fingerprint density at radius 3 is 2.28 bits per heavy atom. The van der Waals surface area contributed by atoms with E-state index >= 15 is 0 Å². The van der Waals surface area contributed by atoms with Crippen LogP contribution in [0.2, 0.25) is 0 Å². The number of anilines is 1. The minimum absolute atomic E-state index is 0.0249. The van der Waals surface area contributed by atoms with Crippen molar-refractivity contribution < 1.29 is 9.59 Å². The molecule has 0 spiro atoms. The maximum atomic E-state index is 13.7. The van der Waals surface area contributed by atoms with Crippen LogP contribution in [0.15, 0.2) is 72.1 Å². The number of hydrogen-bond donors (Lipinski definition) is 1. The summed E-state index contributed by atoms with van der Waals surface area (Å²) < 4.78 is 0. The van der Waals surface area contributed by atoms with Gasteiger partial charge in [-0.1, -0.05) is 81.6 Å². The summed E-state index contributed by atoms with van der Waals surface area (Å²) in [5.41, 5.74) is 3.08. The second-order valence-electron chi connectivity index (χ2n) is 9.94. The van der Waals surface area contributed by atoms with Crippen LogP contribution in [-0.2, 0) is 17.9 Å². The van der Waals surface area contributed by atoms with Crippen molar-refractivity contribution in [2.45, 2.75) is 71.0 Å². The normalized spacial score (nSPS) is 14.0. The van der Waals surface area contributed by atoms with E-state index in [9.17, 15) is 9.59 Å². The summed E-state index contributed by atoms with van der Waals surface area (Å²) in [5.74, 6) is 0.410. The highest BCUT2D eigenvalue weighted by atomic mass is 32.1. The Morgan fingerprint density at radius 2 is 1.64 bits per heavy atom. The number of hydrogen-bond acceptors (Lipinski definition) is 3. The van der Waals surface area contributed by atoms with Crippen molar-refractivity contribution in [3.8, 4) is 0 Å². The van der Waals surface area contributed by atoms with E-state index < -0.39 is 0 Å². The van der Waals surface area contributed by atoms with Crippen molar-refractivity contribution in [2.75, 3.05) is 11.9 Å². The molecule has 1 saturated carbocycles. The van der Waals surface area contributed by atoms with Crippen LogP contribution in [0.4, 0.5) is 10.5 Å². The molecule has 36 heavy (non-hydrogen) atoms. The molecular formula is C30H37N3O2S. The van der Waals surface area contributed by atoms with Crippen LogP contribution in [0.1, 0.15) is 67.9 Å². The molecule has 0 atom stereocenters. The van der Waals surface area contributed by atoms with Crippen molar-refractivity contribution in [1.82, 2.24) is 9.80 Å². The first-order valence-corrected chi connectivity index (χ1v) is 13.9. The van der Waals surface area contributed by atoms with Crippen LogP contribution >= 0.6 is 11.3 Å². The summed E-state index contributed by atoms with van der Waals surface area (Å²) >= 11 is 1.65. The molecule has 0 radical (unpaired) electrons. The minimum Gasteiger partial charge on any atom is -0.332 e. The number of nitrogens with one attached hydrogen (secondary N) is 1. The lowest BCUT2D eigenvalue weighted by Gasteiger charge is -2.35. The number of urea groups is 1. The second-order valence-corrected chi connectivity index (χ2v) is 11.0. The predicted octanol–water partition coefficient (Wildman–Crippen LogP) is 7.27. The highest BCUT2D eigenvalue weighted by molar-refractivity contribution is 7.09. The third-order valence-corrected chi connectivity index (χ3v) is 7.77. The van der Waals surface area contributed by atoms with Crippen LogP contribution in [0.25, 0.3) is 0 Å². The molecule has 1 aromatic heterocycles. The number of carbonyl (C=O) groups excluding carboxylic acids is 2. The number of rotatable bonds is 9. The molecule has 5 nitrogen and oxygen atoms in total. The second kappa shape index (κ2) is 12.7. The minimum atomic E-state index is -0.191. The van der Waals surface area contributed by atoms with Gasteiger partial charge in [-0.25, -0.2) is 4.79 Å². The third-order valence-electron chi connectivity index (χ3n) is 6.91. The Bertz CT molecular complexity index is 1090. The SMILES string of the molecule is CC(C)c1ccc(NC(=O)N(CC(=O)N(Cc2ccccc2)Cc2cccs2)C2CCCCC2)cc1. The zero-order chi connectivity index (χ0) is 25.3. The molecule has 0 aliphatic heterocycles. The molecular weight excluding hydrogens is 466 g/mol. The average molecular weight is 504 g/mol. The Hall–Kier alpha value is -3.12. The van der Waals surface area contributed by atoms with Crippen LogP contribution in [0.5, 0.6) is 0 Å². The van der Waals surface area contributed by atoms with Crippen molar-refractivity contribution in [1.29, 1.82) is 0 Å². The lowest BCUT2D eigenvalue weighted by molar-refractivity contribution is -0.133. The van der Waals surface area contributed by atoms with Crippen LogP contribution < -0.4 is 5.32 Å². The van der Waals surface area contributed by atoms with E-state index in [1.54, 1.807) is 16.2 Å². The number of amides is 3. The third kappa shape index (κ3) is 7.20. The Kier molecular flexibility index (Phi) is 9.17. The van der Waals surface area contributed by atoms with Gasteiger partial charge < -0.3 is 15.1 Å². The van der Waals surface area contributed by atoms with Crippen molar-refractivity contribution >= 4 is 29.0 Å². The Labute approximate surface area is 219 Å². The highest BCUT2D eigenvalue weighted by Crippen LogP contribution is 2.25. The van der Waals surface area contributed by atoms with E-state index in [2.05, 4.69) is 37.4 Å². The first kappa shape index (κ1) is 26.0. The molecule has 1 heterocycles. The smallest absolute Gasteiger partial charge is 0.322 e. The monoisotopic (exact) mass is 503 g/mol. The molecule has 0 bridgehead atoms. The maximum absolute atomic E-state index is 13.7. The standard InChI is InChI=1S/C30H37N3O2S/c1-23(2)25-15-17-26(18-16-25)31-30(35)33(27-12-7-4-8-13-27)22-29(34)32(21-28-14-9-19-36-28)20-24-10-5-3-6-11-24/h3,5-6,9-11,14-19,23,27H,4,7-8,12-13,20-22H2,1-2H3,(H,31,35). The quantitative estimate of drug-likeness (QED) is 0.334. The molecule has 1 fully saturated rings. The predicted molar refractivity (Wildman–Crippen MR) is 148 cm³/mol. The molecule has 3 aromatic rings. The van der Waals surface area contributed by atoms with Gasteiger partial charge in [-0.15, -0.1) is 11.3 Å². The summed E-state index contributed by atoms with van der Waals surface area (Å²) in [7, 11) is 0. The number of nitrogens with zero attached hydrogens (tertiary/aromatic N) is 2. The summed E-state index contributed by atoms with van der Waals surface area (Å²) in [6, 6.07) is 22.0. The van der Waals surface area contributed by atoms with Gasteiger partial charge in [0.2, 0.25) is 5.91 Å². The summed E-state index contributed by atoms with van der Waals surface area (Å²) in [6.45, 7) is 5.46. The largest absolute Gasteiger partial charge is 0.332 e. The van der Waals surface area contributed by atoms with Gasteiger partial charge >= 0.3 is 6.03 Å². The van der Waals surface area contributed by atoms with Gasteiger partial charge in [0.15, 0.2) is 0 Å². The number of benzene rings is 2. The van der Waals surface area contributed by atoms with E-state index in [1.807, 2.05) is 58.8 Å². The molecule has 2 aromatic carbocycles. The van der Waals surface area contributed by atoms with Crippen LogP contribution in [0, 0.1) is 0 Å². The van der Waals surface area contributed by atoms with Crippen LogP contribution in [0.3, 0.4) is 0 Å². The number of thiophene rings is 1. The van der Waals surface area contributed by atoms with E-state index in [-0.39, 0.29) is 24.5 Å². The Balaban J connectivity index is 1.51. The van der Waals surface area contributed by atoms with E-state index in [0.29, 0.717) is 19.0 Å². The van der Waals surface area contributed by atoms with Crippen molar-refractivity contribution in [2.24, 2.45) is 0 Å². The number of carbonyl (C=O) groups is 2. The Morgan fingerprint density at radius 1 is 0.917 bits per heavy atom. The fourth-order valence-electron chi connectivity index (χ4n) is 4.78. The highest BCUT2D eigenvalue weighted by Gasteiger charge is 2.29. The topological polar surface area (TPSA) is 52.7 Å². The fraction of sp³-hybridized carbons (Fsp3) is 0.400. The fourth-order valence-corrected chi connectivity index (χ4v) is 5.50. The van der Waals surface area contributed by atoms with Gasteiger partial charge in [-0.2, -0.15) is 0 Å².